The van der Waals surface area contributed by atoms with E-state index in [0.29, 0.717) is 17.1 Å². The smallest absolute Gasteiger partial charge is 0.298 e. The van der Waals surface area contributed by atoms with Crippen molar-refractivity contribution < 1.29 is 18.7 Å². The summed E-state index contributed by atoms with van der Waals surface area (Å²) in [6.45, 7) is 2.73. The van der Waals surface area contributed by atoms with E-state index in [0.717, 1.165) is 33.8 Å². The number of carbonyl (C=O) groups is 2. The van der Waals surface area contributed by atoms with E-state index in [1.54, 1.807) is 36.4 Å². The average Bonchev–Trinajstić information content (AvgIpc) is 3.32. The second kappa shape index (κ2) is 9.19. The molecular formula is C27H21FN2O3S. The molecule has 1 aliphatic rings. The minimum atomic E-state index is -0.398. The highest BCUT2D eigenvalue weighted by Gasteiger charge is 2.36. The Bertz CT molecular complexity index is 1430. The lowest BCUT2D eigenvalue weighted by molar-refractivity contribution is -0.113. The molecule has 34 heavy (non-hydrogen) atoms. The van der Waals surface area contributed by atoms with Crippen molar-refractivity contribution in [2.75, 3.05) is 11.5 Å². The molecule has 0 bridgehead atoms. The van der Waals surface area contributed by atoms with Gasteiger partial charge in [-0.15, -0.1) is 0 Å². The summed E-state index contributed by atoms with van der Waals surface area (Å²) in [5, 5.41) is 0.637. The Kier molecular flexibility index (Phi) is 5.94. The fourth-order valence-electron chi connectivity index (χ4n) is 3.92. The maximum absolute atomic E-state index is 13.8. The van der Waals surface area contributed by atoms with Gasteiger partial charge in [-0.2, -0.15) is 0 Å². The van der Waals surface area contributed by atoms with Crippen LogP contribution in [0.4, 0.5) is 14.9 Å². The van der Waals surface area contributed by atoms with Gasteiger partial charge in [-0.1, -0.05) is 48.0 Å². The van der Waals surface area contributed by atoms with Gasteiger partial charge in [0.2, 0.25) is 0 Å². The Morgan fingerprint density at radius 2 is 1.71 bits per heavy atom. The van der Waals surface area contributed by atoms with Gasteiger partial charge in [-0.25, -0.2) is 9.29 Å². The van der Waals surface area contributed by atoms with E-state index in [-0.39, 0.29) is 23.5 Å². The Morgan fingerprint density at radius 1 is 0.971 bits per heavy atom. The predicted octanol–water partition coefficient (Wildman–Crippen LogP) is 6.41. The number of imide groups is 1. The van der Waals surface area contributed by atoms with Crippen molar-refractivity contribution in [1.82, 2.24) is 4.57 Å². The first kappa shape index (κ1) is 22.0. The molecule has 2 amide bonds. The van der Waals surface area contributed by atoms with E-state index < -0.39 is 5.82 Å². The van der Waals surface area contributed by atoms with Crippen LogP contribution >= 0.6 is 11.8 Å². The largest absolute Gasteiger partial charge is 0.489 e. The Morgan fingerprint density at radius 3 is 2.50 bits per heavy atom. The van der Waals surface area contributed by atoms with Crippen molar-refractivity contribution in [3.05, 3.63) is 101 Å². The predicted molar refractivity (Wildman–Crippen MR) is 133 cm³/mol. The number of aromatic nitrogens is 1. The number of thioether (sulfide) groups is 1. The zero-order valence-corrected chi connectivity index (χ0v) is 19.2. The molecule has 170 valence electrons. The summed E-state index contributed by atoms with van der Waals surface area (Å²) in [5.74, 6) is -0.521. The number of aryl methyl sites for hydroxylation is 1. The lowest BCUT2D eigenvalue weighted by Gasteiger charge is -2.12. The molecule has 0 radical (unpaired) electrons. The van der Waals surface area contributed by atoms with Gasteiger partial charge >= 0.3 is 0 Å². The molecule has 1 fully saturated rings. The molecule has 4 aromatic rings. The molecule has 1 aliphatic heterocycles. The zero-order chi connectivity index (χ0) is 23.7. The van der Waals surface area contributed by atoms with Crippen LogP contribution in [0.2, 0.25) is 0 Å². The van der Waals surface area contributed by atoms with E-state index in [9.17, 15) is 14.0 Å². The van der Waals surface area contributed by atoms with Gasteiger partial charge < -0.3 is 9.30 Å². The summed E-state index contributed by atoms with van der Waals surface area (Å²) in [4.78, 5) is 27.3. The molecule has 0 spiro atoms. The van der Waals surface area contributed by atoms with Gasteiger partial charge in [-0.3, -0.25) is 9.59 Å². The van der Waals surface area contributed by atoms with Crippen LogP contribution in [-0.4, -0.2) is 22.3 Å². The van der Waals surface area contributed by atoms with Crippen LogP contribution in [0.3, 0.4) is 0 Å². The van der Waals surface area contributed by atoms with E-state index in [4.69, 9.17) is 4.74 Å². The first-order valence-corrected chi connectivity index (χ1v) is 11.6. The molecule has 1 aromatic heterocycles. The zero-order valence-electron chi connectivity index (χ0n) is 18.4. The molecule has 3 aromatic carbocycles. The summed E-state index contributed by atoms with van der Waals surface area (Å²) >= 11 is 0.933. The van der Waals surface area contributed by atoms with Crippen molar-refractivity contribution in [2.45, 2.75) is 13.5 Å². The minimum Gasteiger partial charge on any atom is -0.489 e. The molecule has 5 nitrogen and oxygen atoms in total. The molecular weight excluding hydrogens is 451 g/mol. The van der Waals surface area contributed by atoms with Crippen LogP contribution in [0.5, 0.6) is 5.75 Å². The Labute approximate surface area is 200 Å². The van der Waals surface area contributed by atoms with Gasteiger partial charge in [0, 0.05) is 22.7 Å². The second-order valence-electron chi connectivity index (χ2n) is 7.93. The van der Waals surface area contributed by atoms with Crippen LogP contribution < -0.4 is 9.64 Å². The van der Waals surface area contributed by atoms with Gasteiger partial charge in [0.15, 0.2) is 11.6 Å². The average molecular weight is 473 g/mol. The highest BCUT2D eigenvalue weighted by atomic mass is 32.2. The molecule has 0 unspecified atom stereocenters. The van der Waals surface area contributed by atoms with Crippen LogP contribution in [0.15, 0.2) is 83.9 Å². The fourth-order valence-corrected chi connectivity index (χ4v) is 4.75. The SMILES string of the molecule is Cc1ccc(N2C(=O)S/C(=C\c3cn(CCOc4ccccc4F)c4ccccc34)C2=O)cc1. The third kappa shape index (κ3) is 4.22. The molecule has 5 rings (SSSR count). The maximum Gasteiger partial charge on any atom is 0.298 e. The number of rotatable bonds is 6. The monoisotopic (exact) mass is 472 g/mol. The number of ether oxygens (including phenoxy) is 1. The molecule has 0 saturated carbocycles. The topological polar surface area (TPSA) is 51.5 Å². The fraction of sp³-hybridized carbons (Fsp3) is 0.111. The standard InChI is InChI=1S/C27H21FN2O3S/c1-18-10-12-20(13-11-18)30-26(31)25(34-27(30)32)16-19-17-29(23-8-4-2-6-21(19)23)14-15-33-24-9-5-3-7-22(24)28/h2-13,16-17H,14-15H2,1H3/b25-16-. The summed E-state index contributed by atoms with van der Waals surface area (Å²) in [6.07, 6.45) is 3.69. The van der Waals surface area contributed by atoms with E-state index >= 15 is 0 Å². The molecule has 7 heteroatoms. The summed E-state index contributed by atoms with van der Waals surface area (Å²) in [6, 6.07) is 21.4. The van der Waals surface area contributed by atoms with E-state index in [1.165, 1.54) is 11.0 Å². The van der Waals surface area contributed by atoms with Gasteiger partial charge in [-0.05, 0) is 55.1 Å². The van der Waals surface area contributed by atoms with Gasteiger partial charge in [0.1, 0.15) is 6.61 Å². The van der Waals surface area contributed by atoms with Crippen molar-refractivity contribution in [1.29, 1.82) is 0 Å². The second-order valence-corrected chi connectivity index (χ2v) is 8.92. The lowest BCUT2D eigenvalue weighted by Crippen LogP contribution is -2.27. The highest BCUT2D eigenvalue weighted by Crippen LogP contribution is 2.37. The number of anilines is 1. The van der Waals surface area contributed by atoms with Crippen LogP contribution in [0, 0.1) is 12.7 Å². The molecule has 0 N–H and O–H groups in total. The number of hydrogen-bond acceptors (Lipinski definition) is 4. The number of hydrogen-bond donors (Lipinski definition) is 0. The van der Waals surface area contributed by atoms with Gasteiger partial charge in [0.05, 0.1) is 17.1 Å². The number of fused-ring (bicyclic) bond motifs is 1. The summed E-state index contributed by atoms with van der Waals surface area (Å²) < 4.78 is 21.5. The van der Waals surface area contributed by atoms with Crippen molar-refractivity contribution in [3.8, 4) is 5.75 Å². The Balaban J connectivity index is 1.41. The van der Waals surface area contributed by atoms with Gasteiger partial charge in [0.25, 0.3) is 11.1 Å². The number of carbonyl (C=O) groups excluding carboxylic acids is 2. The molecule has 1 saturated heterocycles. The first-order chi connectivity index (χ1) is 16.5. The first-order valence-electron chi connectivity index (χ1n) is 10.8. The summed E-state index contributed by atoms with van der Waals surface area (Å²) in [7, 11) is 0. The van der Waals surface area contributed by atoms with Crippen molar-refractivity contribution >= 4 is 45.6 Å². The number of benzene rings is 3. The molecule has 2 heterocycles. The maximum atomic E-state index is 13.8. The van der Waals surface area contributed by atoms with Crippen LogP contribution in [0.1, 0.15) is 11.1 Å². The van der Waals surface area contributed by atoms with E-state index in [2.05, 4.69) is 0 Å². The third-order valence-corrected chi connectivity index (χ3v) is 6.49. The van der Waals surface area contributed by atoms with Crippen LogP contribution in [0.25, 0.3) is 17.0 Å². The number of nitrogens with zero attached hydrogens (tertiary/aromatic N) is 2. The molecule has 0 aliphatic carbocycles. The minimum absolute atomic E-state index is 0.212. The van der Waals surface area contributed by atoms with Crippen molar-refractivity contribution in [3.63, 3.8) is 0 Å². The van der Waals surface area contributed by atoms with Crippen molar-refractivity contribution in [2.24, 2.45) is 0 Å². The highest BCUT2D eigenvalue weighted by molar-refractivity contribution is 8.19. The quantitative estimate of drug-likeness (QED) is 0.304. The molecule has 0 atom stereocenters. The number of halogens is 1. The number of para-hydroxylation sites is 2. The lowest BCUT2D eigenvalue weighted by atomic mass is 10.1. The third-order valence-electron chi connectivity index (χ3n) is 5.62. The summed E-state index contributed by atoms with van der Waals surface area (Å²) in [5.41, 5.74) is 3.40. The normalized spacial score (nSPS) is 15.0. The van der Waals surface area contributed by atoms with E-state index in [1.807, 2.05) is 54.1 Å². The van der Waals surface area contributed by atoms with Crippen LogP contribution in [-0.2, 0) is 11.3 Å². The Hall–Kier alpha value is -3.84. The number of amides is 2.